The summed E-state index contributed by atoms with van der Waals surface area (Å²) in [5, 5.41) is 2.41. The first-order chi connectivity index (χ1) is 11.0. The second-order valence-electron chi connectivity index (χ2n) is 5.66. The molecule has 2 aromatic carbocycles. The van der Waals surface area contributed by atoms with Crippen LogP contribution in [-0.4, -0.2) is 36.1 Å². The van der Waals surface area contributed by atoms with E-state index >= 15 is 0 Å². The molecule has 1 aromatic heterocycles. The molecule has 3 rings (SSSR count). The molecule has 0 bridgehead atoms. The van der Waals surface area contributed by atoms with E-state index in [2.05, 4.69) is 50.2 Å². The molecule has 0 unspecified atom stereocenters. The van der Waals surface area contributed by atoms with Gasteiger partial charge in [-0.25, -0.2) is 0 Å². The summed E-state index contributed by atoms with van der Waals surface area (Å²) in [5.74, 6) is 1.46. The first-order valence-electron chi connectivity index (χ1n) is 7.41. The standard InChI is InChI=1S/C17H20N6/c1-22(2)17-20-15(19-16(18)21-17)11-23(3)14-10-6-8-12-7-4-5-9-13(12)14/h4-10H,11H2,1-3H3,(H2,18,19,20,21). The zero-order valence-electron chi connectivity index (χ0n) is 13.6. The van der Waals surface area contributed by atoms with Crippen LogP contribution < -0.4 is 15.5 Å². The molecule has 0 saturated carbocycles. The number of rotatable bonds is 4. The highest BCUT2D eigenvalue weighted by atomic mass is 15.3. The normalized spacial score (nSPS) is 10.7. The molecule has 0 saturated heterocycles. The molecule has 0 aliphatic heterocycles. The molecule has 0 amide bonds. The quantitative estimate of drug-likeness (QED) is 0.797. The van der Waals surface area contributed by atoms with Gasteiger partial charge < -0.3 is 15.5 Å². The highest BCUT2D eigenvalue weighted by Crippen LogP contribution is 2.26. The SMILES string of the molecule is CN(C)c1nc(N)nc(CN(C)c2cccc3ccccc23)n1. The van der Waals surface area contributed by atoms with E-state index in [1.165, 1.54) is 10.8 Å². The molecular formula is C17H20N6. The minimum absolute atomic E-state index is 0.241. The Morgan fingerprint density at radius 3 is 2.43 bits per heavy atom. The van der Waals surface area contributed by atoms with E-state index in [1.54, 1.807) is 0 Å². The summed E-state index contributed by atoms with van der Waals surface area (Å²) in [5.41, 5.74) is 6.93. The summed E-state index contributed by atoms with van der Waals surface area (Å²) < 4.78 is 0. The van der Waals surface area contributed by atoms with E-state index in [0.29, 0.717) is 18.3 Å². The van der Waals surface area contributed by atoms with E-state index in [4.69, 9.17) is 5.73 Å². The van der Waals surface area contributed by atoms with Crippen molar-refractivity contribution in [3.63, 3.8) is 0 Å². The lowest BCUT2D eigenvalue weighted by Crippen LogP contribution is -2.21. The van der Waals surface area contributed by atoms with Crippen LogP contribution >= 0.6 is 0 Å². The molecule has 0 aliphatic rings. The van der Waals surface area contributed by atoms with Crippen LogP contribution in [-0.2, 0) is 6.54 Å². The molecule has 0 fully saturated rings. The third-order valence-electron chi connectivity index (χ3n) is 3.64. The molecule has 6 nitrogen and oxygen atoms in total. The van der Waals surface area contributed by atoms with Crippen LogP contribution in [0.25, 0.3) is 10.8 Å². The van der Waals surface area contributed by atoms with Gasteiger partial charge in [0.2, 0.25) is 11.9 Å². The van der Waals surface area contributed by atoms with Crippen LogP contribution in [0.15, 0.2) is 42.5 Å². The molecule has 0 aliphatic carbocycles. The van der Waals surface area contributed by atoms with E-state index < -0.39 is 0 Å². The van der Waals surface area contributed by atoms with Gasteiger partial charge in [-0.15, -0.1) is 0 Å². The molecule has 118 valence electrons. The Bertz CT molecular complexity index is 825. The van der Waals surface area contributed by atoms with Gasteiger partial charge in [0, 0.05) is 32.2 Å². The molecule has 0 radical (unpaired) electrons. The monoisotopic (exact) mass is 308 g/mol. The van der Waals surface area contributed by atoms with Crippen molar-refractivity contribution in [2.24, 2.45) is 0 Å². The van der Waals surface area contributed by atoms with Crippen LogP contribution in [0, 0.1) is 0 Å². The highest BCUT2D eigenvalue weighted by Gasteiger charge is 2.11. The molecule has 2 N–H and O–H groups in total. The van der Waals surface area contributed by atoms with Gasteiger partial charge in [0.05, 0.1) is 6.54 Å². The van der Waals surface area contributed by atoms with Crippen LogP contribution in [0.1, 0.15) is 5.82 Å². The zero-order valence-corrected chi connectivity index (χ0v) is 13.6. The Morgan fingerprint density at radius 2 is 1.65 bits per heavy atom. The summed E-state index contributed by atoms with van der Waals surface area (Å²) in [6, 6.07) is 14.6. The number of aromatic nitrogens is 3. The molecule has 0 atom stereocenters. The topological polar surface area (TPSA) is 71.2 Å². The first kappa shape index (κ1) is 15.0. The molecule has 6 heteroatoms. The lowest BCUT2D eigenvalue weighted by atomic mass is 10.1. The second-order valence-corrected chi connectivity index (χ2v) is 5.66. The number of hydrogen-bond donors (Lipinski definition) is 1. The van der Waals surface area contributed by atoms with Gasteiger partial charge in [-0.3, -0.25) is 0 Å². The third kappa shape index (κ3) is 3.15. The summed E-state index contributed by atoms with van der Waals surface area (Å²) in [6.45, 7) is 0.557. The first-order valence-corrected chi connectivity index (χ1v) is 7.41. The van der Waals surface area contributed by atoms with E-state index in [1.807, 2.05) is 38.2 Å². The Balaban J connectivity index is 1.93. The number of nitrogens with two attached hydrogens (primary N) is 1. The van der Waals surface area contributed by atoms with Gasteiger partial charge >= 0.3 is 0 Å². The Labute approximate surface area is 135 Å². The third-order valence-corrected chi connectivity index (χ3v) is 3.64. The molecule has 1 heterocycles. The van der Waals surface area contributed by atoms with Gasteiger partial charge in [0.25, 0.3) is 0 Å². The average molecular weight is 308 g/mol. The second kappa shape index (κ2) is 6.08. The fraction of sp³-hybridized carbons (Fsp3) is 0.235. The van der Waals surface area contributed by atoms with Crippen LogP contribution in [0.3, 0.4) is 0 Å². The van der Waals surface area contributed by atoms with Gasteiger partial charge in [0.1, 0.15) is 0 Å². The Kier molecular flexibility index (Phi) is 3.97. The molecule has 3 aromatic rings. The minimum atomic E-state index is 0.241. The summed E-state index contributed by atoms with van der Waals surface area (Å²) in [7, 11) is 5.79. The molecular weight excluding hydrogens is 288 g/mol. The number of hydrogen-bond acceptors (Lipinski definition) is 6. The van der Waals surface area contributed by atoms with E-state index in [0.717, 1.165) is 5.69 Å². The number of nitrogen functional groups attached to an aromatic ring is 1. The van der Waals surface area contributed by atoms with Crippen molar-refractivity contribution in [3.8, 4) is 0 Å². The van der Waals surface area contributed by atoms with Crippen molar-refractivity contribution < 1.29 is 0 Å². The summed E-state index contributed by atoms with van der Waals surface area (Å²) in [6.07, 6.45) is 0. The number of anilines is 3. The number of fused-ring (bicyclic) bond motifs is 1. The minimum Gasteiger partial charge on any atom is -0.368 e. The fourth-order valence-electron chi connectivity index (χ4n) is 2.53. The van der Waals surface area contributed by atoms with Crippen molar-refractivity contribution >= 4 is 28.4 Å². The maximum atomic E-state index is 5.79. The highest BCUT2D eigenvalue weighted by molar-refractivity contribution is 5.94. The van der Waals surface area contributed by atoms with Gasteiger partial charge in [-0.05, 0) is 11.5 Å². The van der Waals surface area contributed by atoms with Crippen molar-refractivity contribution in [3.05, 3.63) is 48.3 Å². The van der Waals surface area contributed by atoms with E-state index in [9.17, 15) is 0 Å². The average Bonchev–Trinajstić information content (AvgIpc) is 2.53. The molecule has 23 heavy (non-hydrogen) atoms. The van der Waals surface area contributed by atoms with Gasteiger partial charge in [-0.1, -0.05) is 36.4 Å². The zero-order chi connectivity index (χ0) is 16.4. The van der Waals surface area contributed by atoms with E-state index in [-0.39, 0.29) is 5.95 Å². The molecule has 0 spiro atoms. The maximum absolute atomic E-state index is 5.79. The van der Waals surface area contributed by atoms with Gasteiger partial charge in [0.15, 0.2) is 5.82 Å². The van der Waals surface area contributed by atoms with Crippen molar-refractivity contribution in [1.82, 2.24) is 15.0 Å². The lowest BCUT2D eigenvalue weighted by molar-refractivity contribution is 0.816. The number of nitrogens with zero attached hydrogens (tertiary/aromatic N) is 5. The van der Waals surface area contributed by atoms with Crippen LogP contribution in [0.2, 0.25) is 0 Å². The smallest absolute Gasteiger partial charge is 0.229 e. The van der Waals surface area contributed by atoms with Crippen LogP contribution in [0.5, 0.6) is 0 Å². The summed E-state index contributed by atoms with van der Waals surface area (Å²) in [4.78, 5) is 16.8. The maximum Gasteiger partial charge on any atom is 0.229 e. The lowest BCUT2D eigenvalue weighted by Gasteiger charge is -2.21. The predicted molar refractivity (Wildman–Crippen MR) is 94.6 cm³/mol. The van der Waals surface area contributed by atoms with Crippen LogP contribution in [0.4, 0.5) is 17.6 Å². The Morgan fingerprint density at radius 1 is 0.913 bits per heavy atom. The Hall–Kier alpha value is -2.89. The van der Waals surface area contributed by atoms with Gasteiger partial charge in [-0.2, -0.15) is 15.0 Å². The fourth-order valence-corrected chi connectivity index (χ4v) is 2.53. The van der Waals surface area contributed by atoms with Crippen molar-refractivity contribution in [1.29, 1.82) is 0 Å². The van der Waals surface area contributed by atoms with Crippen molar-refractivity contribution in [2.75, 3.05) is 36.7 Å². The predicted octanol–water partition coefficient (Wildman–Crippen LogP) is 2.31. The largest absolute Gasteiger partial charge is 0.368 e. The number of benzene rings is 2. The summed E-state index contributed by atoms with van der Waals surface area (Å²) >= 11 is 0. The van der Waals surface area contributed by atoms with Crippen molar-refractivity contribution in [2.45, 2.75) is 6.54 Å².